The summed E-state index contributed by atoms with van der Waals surface area (Å²) in [6, 6.07) is 6.29. The molecule has 0 atom stereocenters. The molecule has 0 radical (unpaired) electrons. The fraction of sp³-hybridized carbons (Fsp3) is 0.286. The van der Waals surface area contributed by atoms with Gasteiger partial charge in [-0.15, -0.1) is 0 Å². The molecule has 1 heterocycles. The van der Waals surface area contributed by atoms with Crippen LogP contribution in [0.3, 0.4) is 0 Å². The van der Waals surface area contributed by atoms with Gasteiger partial charge in [0, 0.05) is 19.0 Å². The van der Waals surface area contributed by atoms with Crippen LogP contribution in [0.2, 0.25) is 0 Å². The molecule has 0 fully saturated rings. The van der Waals surface area contributed by atoms with Gasteiger partial charge in [0.1, 0.15) is 11.6 Å². The first-order valence-electron chi connectivity index (χ1n) is 6.38. The normalized spacial score (nSPS) is 11.4. The number of aromatic nitrogens is 2. The molecule has 0 saturated carbocycles. The number of nitrogens with one attached hydrogen (secondary N) is 2. The van der Waals surface area contributed by atoms with E-state index in [0.29, 0.717) is 23.6 Å². The number of H-pyrrole nitrogens is 1. The molecule has 7 heteroatoms. The minimum absolute atomic E-state index is 0.156. The van der Waals surface area contributed by atoms with Crippen LogP contribution in [0.15, 0.2) is 35.1 Å². The lowest BCUT2D eigenvalue weighted by molar-refractivity contribution is -0.137. The molecule has 0 unspecified atom stereocenters. The molecule has 0 bridgehead atoms. The summed E-state index contributed by atoms with van der Waals surface area (Å²) in [5.74, 6) is 0.863. The Kier molecular flexibility index (Phi) is 4.30. The Labute approximate surface area is 119 Å². The Morgan fingerprint density at radius 2 is 2.05 bits per heavy atom. The van der Waals surface area contributed by atoms with Crippen molar-refractivity contribution in [2.75, 3.05) is 5.32 Å². The Balaban J connectivity index is 2.13. The summed E-state index contributed by atoms with van der Waals surface area (Å²) < 4.78 is 37.8. The average molecular weight is 297 g/mol. The van der Waals surface area contributed by atoms with E-state index in [0.717, 1.165) is 12.1 Å². The number of halogens is 3. The van der Waals surface area contributed by atoms with E-state index in [1.54, 1.807) is 6.07 Å². The molecule has 112 valence electrons. The number of aromatic amines is 1. The van der Waals surface area contributed by atoms with Crippen LogP contribution in [0.4, 0.5) is 19.0 Å². The van der Waals surface area contributed by atoms with Gasteiger partial charge < -0.3 is 10.3 Å². The van der Waals surface area contributed by atoms with Crippen molar-refractivity contribution in [1.29, 1.82) is 0 Å². The van der Waals surface area contributed by atoms with Crippen LogP contribution in [0.25, 0.3) is 0 Å². The van der Waals surface area contributed by atoms with E-state index >= 15 is 0 Å². The maximum Gasteiger partial charge on any atom is 0.416 e. The highest BCUT2D eigenvalue weighted by Crippen LogP contribution is 2.29. The van der Waals surface area contributed by atoms with Crippen LogP contribution in [-0.4, -0.2) is 9.97 Å². The van der Waals surface area contributed by atoms with E-state index in [9.17, 15) is 18.0 Å². The molecule has 0 saturated heterocycles. The molecule has 2 rings (SSSR count). The Morgan fingerprint density at radius 1 is 1.29 bits per heavy atom. The minimum atomic E-state index is -4.37. The zero-order valence-electron chi connectivity index (χ0n) is 11.3. The van der Waals surface area contributed by atoms with Gasteiger partial charge in [-0.3, -0.25) is 4.79 Å². The van der Waals surface area contributed by atoms with Crippen molar-refractivity contribution in [3.05, 3.63) is 57.6 Å². The first kappa shape index (κ1) is 15.1. The number of alkyl halides is 3. The summed E-state index contributed by atoms with van der Waals surface area (Å²) in [5, 5.41) is 2.86. The third-order valence-corrected chi connectivity index (χ3v) is 2.85. The second-order valence-electron chi connectivity index (χ2n) is 4.48. The molecule has 0 amide bonds. The van der Waals surface area contributed by atoms with Gasteiger partial charge in [0.15, 0.2) is 0 Å². The molecule has 2 N–H and O–H groups in total. The maximum absolute atomic E-state index is 12.6. The molecule has 0 aliphatic heterocycles. The molecule has 0 aliphatic carbocycles. The lowest BCUT2D eigenvalue weighted by Crippen LogP contribution is -2.13. The monoisotopic (exact) mass is 297 g/mol. The number of nitrogens with zero attached hydrogens (tertiary/aromatic N) is 1. The van der Waals surface area contributed by atoms with E-state index in [4.69, 9.17) is 0 Å². The summed E-state index contributed by atoms with van der Waals surface area (Å²) in [5.41, 5.74) is -0.534. The second kappa shape index (κ2) is 5.99. The highest BCUT2D eigenvalue weighted by molar-refractivity contribution is 5.35. The number of aryl methyl sites for hydroxylation is 1. The van der Waals surface area contributed by atoms with Crippen LogP contribution < -0.4 is 10.9 Å². The van der Waals surface area contributed by atoms with E-state index < -0.39 is 11.7 Å². The van der Waals surface area contributed by atoms with Crippen LogP contribution in [0.5, 0.6) is 0 Å². The number of hydrogen-bond acceptors (Lipinski definition) is 3. The zero-order chi connectivity index (χ0) is 15.5. The first-order valence-corrected chi connectivity index (χ1v) is 6.38. The average Bonchev–Trinajstić information content (AvgIpc) is 2.44. The smallest absolute Gasteiger partial charge is 0.366 e. The molecule has 2 aromatic rings. The predicted molar refractivity (Wildman–Crippen MR) is 73.0 cm³/mol. The van der Waals surface area contributed by atoms with E-state index in [2.05, 4.69) is 15.3 Å². The predicted octanol–water partition coefficient (Wildman–Crippen LogP) is 2.96. The lowest BCUT2D eigenvalue weighted by Gasteiger charge is -2.10. The van der Waals surface area contributed by atoms with E-state index in [1.165, 1.54) is 12.1 Å². The van der Waals surface area contributed by atoms with Gasteiger partial charge in [-0.05, 0) is 17.7 Å². The third-order valence-electron chi connectivity index (χ3n) is 2.85. The fourth-order valence-corrected chi connectivity index (χ4v) is 1.82. The number of rotatable bonds is 4. The van der Waals surface area contributed by atoms with Crippen LogP contribution in [0, 0.1) is 0 Å². The summed E-state index contributed by atoms with van der Waals surface area (Å²) in [4.78, 5) is 18.1. The van der Waals surface area contributed by atoms with E-state index in [1.807, 2.05) is 6.92 Å². The zero-order valence-corrected chi connectivity index (χ0v) is 11.3. The van der Waals surface area contributed by atoms with Crippen molar-refractivity contribution in [3.63, 3.8) is 0 Å². The van der Waals surface area contributed by atoms with Crippen LogP contribution in [0.1, 0.15) is 23.9 Å². The Hall–Kier alpha value is -2.31. The number of anilines is 1. The molecule has 21 heavy (non-hydrogen) atoms. The van der Waals surface area contributed by atoms with Crippen molar-refractivity contribution in [1.82, 2.24) is 9.97 Å². The number of hydrogen-bond donors (Lipinski definition) is 2. The molecule has 0 aliphatic rings. The van der Waals surface area contributed by atoms with Gasteiger partial charge in [-0.25, -0.2) is 4.98 Å². The first-order chi connectivity index (χ1) is 9.88. The second-order valence-corrected chi connectivity index (χ2v) is 4.48. The molecular formula is C14H14F3N3O. The topological polar surface area (TPSA) is 57.8 Å². The molecule has 4 nitrogen and oxygen atoms in total. The highest BCUT2D eigenvalue weighted by Gasteiger charge is 2.30. The van der Waals surface area contributed by atoms with Crippen molar-refractivity contribution in [3.8, 4) is 0 Å². The largest absolute Gasteiger partial charge is 0.416 e. The van der Waals surface area contributed by atoms with Gasteiger partial charge >= 0.3 is 6.18 Å². The quantitative estimate of drug-likeness (QED) is 0.912. The molecule has 1 aromatic heterocycles. The summed E-state index contributed by atoms with van der Waals surface area (Å²) in [7, 11) is 0. The van der Waals surface area contributed by atoms with Crippen molar-refractivity contribution >= 4 is 5.82 Å². The summed E-state index contributed by atoms with van der Waals surface area (Å²) >= 11 is 0. The fourth-order valence-electron chi connectivity index (χ4n) is 1.82. The standard InChI is InChI=1S/C14H14F3N3O/c1-2-11-19-12(7-13(21)20-11)18-8-9-4-3-5-10(6-9)14(15,16)17/h3-7H,2,8H2,1H3,(H2,18,19,20,21). The van der Waals surface area contributed by atoms with Crippen molar-refractivity contribution in [2.24, 2.45) is 0 Å². The maximum atomic E-state index is 12.6. The van der Waals surface area contributed by atoms with Crippen LogP contribution in [-0.2, 0) is 19.1 Å². The Morgan fingerprint density at radius 3 is 2.71 bits per heavy atom. The minimum Gasteiger partial charge on any atom is -0.366 e. The summed E-state index contributed by atoms with van der Waals surface area (Å²) in [6.07, 6.45) is -3.80. The van der Waals surface area contributed by atoms with Gasteiger partial charge in [-0.2, -0.15) is 13.2 Å². The van der Waals surface area contributed by atoms with Crippen molar-refractivity contribution in [2.45, 2.75) is 26.1 Å². The highest BCUT2D eigenvalue weighted by atomic mass is 19.4. The van der Waals surface area contributed by atoms with Crippen LogP contribution >= 0.6 is 0 Å². The third kappa shape index (κ3) is 4.08. The van der Waals surface area contributed by atoms with Gasteiger partial charge in [0.05, 0.1) is 5.56 Å². The molecule has 1 aromatic carbocycles. The van der Waals surface area contributed by atoms with Gasteiger partial charge in [0.2, 0.25) is 0 Å². The SMILES string of the molecule is CCc1nc(NCc2cccc(C(F)(F)F)c2)cc(=O)[nH]1. The summed E-state index contributed by atoms with van der Waals surface area (Å²) in [6.45, 7) is 2.00. The number of benzene rings is 1. The van der Waals surface area contributed by atoms with Gasteiger partial charge in [0.25, 0.3) is 5.56 Å². The lowest BCUT2D eigenvalue weighted by atomic mass is 10.1. The van der Waals surface area contributed by atoms with E-state index in [-0.39, 0.29) is 12.1 Å². The van der Waals surface area contributed by atoms with Gasteiger partial charge in [-0.1, -0.05) is 19.1 Å². The molecule has 0 spiro atoms. The molecular weight excluding hydrogens is 283 g/mol. The van der Waals surface area contributed by atoms with Crippen molar-refractivity contribution < 1.29 is 13.2 Å². The Bertz CT molecular complexity index is 680.